The van der Waals surface area contributed by atoms with Crippen LogP contribution in [0.3, 0.4) is 0 Å². The lowest BCUT2D eigenvalue weighted by Gasteiger charge is -2.19. The van der Waals surface area contributed by atoms with Crippen molar-refractivity contribution in [1.82, 2.24) is 9.78 Å². The molecular formula is C16H18F3N3O2. The van der Waals surface area contributed by atoms with Gasteiger partial charge in [0.05, 0.1) is 6.61 Å². The Morgan fingerprint density at radius 1 is 1.33 bits per heavy atom. The molecule has 0 spiro atoms. The Labute approximate surface area is 137 Å². The molecule has 0 aliphatic rings. The van der Waals surface area contributed by atoms with Crippen LogP contribution < -0.4 is 5.73 Å². The molecule has 0 bridgehead atoms. The van der Waals surface area contributed by atoms with Crippen molar-refractivity contribution < 1.29 is 22.7 Å². The smallest absolute Gasteiger partial charge is 0.435 e. The molecule has 0 aliphatic heterocycles. The van der Waals surface area contributed by atoms with E-state index < -0.39 is 23.9 Å². The van der Waals surface area contributed by atoms with Crippen molar-refractivity contribution in [2.24, 2.45) is 0 Å². The summed E-state index contributed by atoms with van der Waals surface area (Å²) in [6.07, 6.45) is -4.59. The number of esters is 1. The Bertz CT molecular complexity index is 754. The highest BCUT2D eigenvalue weighted by molar-refractivity contribution is 5.78. The molecule has 0 saturated heterocycles. The fourth-order valence-electron chi connectivity index (χ4n) is 2.35. The molecule has 1 unspecified atom stereocenters. The van der Waals surface area contributed by atoms with Crippen LogP contribution in [0.5, 0.6) is 0 Å². The number of hydrogen-bond acceptors (Lipinski definition) is 4. The first kappa shape index (κ1) is 17.8. The second-order valence-corrected chi connectivity index (χ2v) is 5.38. The fraction of sp³-hybridized carbons (Fsp3) is 0.375. The average molecular weight is 341 g/mol. The van der Waals surface area contributed by atoms with Gasteiger partial charge in [0.15, 0.2) is 11.7 Å². The topological polar surface area (TPSA) is 70.1 Å². The van der Waals surface area contributed by atoms with Gasteiger partial charge in [0, 0.05) is 11.4 Å². The van der Waals surface area contributed by atoms with E-state index >= 15 is 0 Å². The third-order valence-corrected chi connectivity index (χ3v) is 3.58. The number of ether oxygens (including phenoxy) is 1. The summed E-state index contributed by atoms with van der Waals surface area (Å²) in [5.74, 6) is -0.679. The lowest BCUT2D eigenvalue weighted by Crippen LogP contribution is -2.25. The number of carbonyl (C=O) groups excluding carboxylic acids is 1. The number of benzene rings is 1. The maximum absolute atomic E-state index is 12.9. The van der Waals surface area contributed by atoms with Gasteiger partial charge in [0.1, 0.15) is 0 Å². The average Bonchev–Trinajstić information content (AvgIpc) is 2.85. The van der Waals surface area contributed by atoms with Crippen molar-refractivity contribution >= 4 is 11.7 Å². The molecule has 2 aromatic rings. The van der Waals surface area contributed by atoms with Crippen molar-refractivity contribution in [3.05, 3.63) is 46.8 Å². The van der Waals surface area contributed by atoms with E-state index in [1.165, 1.54) is 6.92 Å². The number of carbonyl (C=O) groups is 1. The van der Waals surface area contributed by atoms with Gasteiger partial charge in [-0.2, -0.15) is 18.3 Å². The molecule has 2 rings (SSSR count). The number of nitrogen functional groups attached to an aromatic ring is 1. The highest BCUT2D eigenvalue weighted by Gasteiger charge is 2.36. The van der Waals surface area contributed by atoms with Crippen LogP contribution in [-0.2, 0) is 15.7 Å². The fourth-order valence-corrected chi connectivity index (χ4v) is 2.35. The van der Waals surface area contributed by atoms with Gasteiger partial charge < -0.3 is 10.5 Å². The quantitative estimate of drug-likeness (QED) is 0.684. The lowest BCUT2D eigenvalue weighted by molar-refractivity contribution is -0.147. The highest BCUT2D eigenvalue weighted by Crippen LogP contribution is 2.31. The van der Waals surface area contributed by atoms with Crippen LogP contribution in [0.15, 0.2) is 24.3 Å². The van der Waals surface area contributed by atoms with Crippen molar-refractivity contribution in [3.63, 3.8) is 0 Å². The molecule has 130 valence electrons. The van der Waals surface area contributed by atoms with Crippen molar-refractivity contribution in [1.29, 1.82) is 0 Å². The van der Waals surface area contributed by atoms with Gasteiger partial charge in [-0.1, -0.05) is 12.1 Å². The molecule has 0 radical (unpaired) electrons. The number of aryl methyl sites for hydroxylation is 2. The van der Waals surface area contributed by atoms with E-state index in [9.17, 15) is 18.0 Å². The number of rotatable bonds is 4. The van der Waals surface area contributed by atoms with Crippen LogP contribution in [0, 0.1) is 13.8 Å². The maximum Gasteiger partial charge on any atom is 0.435 e. The monoisotopic (exact) mass is 341 g/mol. The molecule has 0 saturated carbocycles. The van der Waals surface area contributed by atoms with Crippen molar-refractivity contribution in [2.75, 3.05) is 12.3 Å². The molecule has 2 N–H and O–H groups in total. The second-order valence-electron chi connectivity index (χ2n) is 5.38. The summed E-state index contributed by atoms with van der Waals surface area (Å²) in [6, 6.07) is 4.61. The molecule has 0 aliphatic carbocycles. The van der Waals surface area contributed by atoms with Gasteiger partial charge in [0.25, 0.3) is 0 Å². The van der Waals surface area contributed by atoms with Crippen molar-refractivity contribution in [2.45, 2.75) is 33.0 Å². The SMILES string of the molecule is CCOC(=O)C(c1ccc(N)c(C)c1)n1nc(C(F)(F)F)cc1C. The molecule has 5 nitrogen and oxygen atoms in total. The normalized spacial score (nSPS) is 12.9. The van der Waals surface area contributed by atoms with E-state index in [2.05, 4.69) is 5.10 Å². The minimum Gasteiger partial charge on any atom is -0.464 e. The molecule has 0 amide bonds. The van der Waals surface area contributed by atoms with E-state index in [4.69, 9.17) is 10.5 Å². The first-order valence-electron chi connectivity index (χ1n) is 7.31. The number of nitrogens with zero attached hydrogens (tertiary/aromatic N) is 2. The Kier molecular flexibility index (Phi) is 4.86. The van der Waals surface area contributed by atoms with Crippen LogP contribution in [0.4, 0.5) is 18.9 Å². The van der Waals surface area contributed by atoms with E-state index in [0.717, 1.165) is 10.7 Å². The number of nitrogens with two attached hydrogens (primary N) is 1. The Morgan fingerprint density at radius 2 is 2.00 bits per heavy atom. The third kappa shape index (κ3) is 3.52. The molecule has 1 aromatic carbocycles. The molecule has 0 fully saturated rings. The standard InChI is InChI=1S/C16H18F3N3O2/c1-4-24-15(23)14(11-5-6-12(20)9(2)7-11)22-10(3)8-13(21-22)16(17,18)19/h5-8,14H,4,20H2,1-3H3. The summed E-state index contributed by atoms with van der Waals surface area (Å²) in [7, 11) is 0. The molecule has 1 heterocycles. The summed E-state index contributed by atoms with van der Waals surface area (Å²) in [5.41, 5.74) is 6.61. The zero-order chi connectivity index (χ0) is 18.1. The molecule has 1 atom stereocenters. The van der Waals surface area contributed by atoms with Crippen LogP contribution in [0.25, 0.3) is 0 Å². The second kappa shape index (κ2) is 6.54. The third-order valence-electron chi connectivity index (χ3n) is 3.58. The van der Waals surface area contributed by atoms with E-state index in [1.54, 1.807) is 32.0 Å². The number of hydrogen-bond donors (Lipinski definition) is 1. The summed E-state index contributed by atoms with van der Waals surface area (Å²) < 4.78 is 44.8. The van der Waals surface area contributed by atoms with E-state index in [1.807, 2.05) is 0 Å². The number of anilines is 1. The van der Waals surface area contributed by atoms with Crippen LogP contribution in [-0.4, -0.2) is 22.4 Å². The number of halogens is 3. The van der Waals surface area contributed by atoms with E-state index in [0.29, 0.717) is 16.8 Å². The number of alkyl halides is 3. The highest BCUT2D eigenvalue weighted by atomic mass is 19.4. The summed E-state index contributed by atoms with van der Waals surface area (Å²) in [5, 5.41) is 3.57. The van der Waals surface area contributed by atoms with Gasteiger partial charge in [-0.25, -0.2) is 4.79 Å². The van der Waals surface area contributed by atoms with Gasteiger partial charge >= 0.3 is 12.1 Å². The van der Waals surface area contributed by atoms with Gasteiger partial charge in [0.2, 0.25) is 0 Å². The van der Waals surface area contributed by atoms with E-state index in [-0.39, 0.29) is 12.3 Å². The minimum atomic E-state index is -4.59. The predicted molar refractivity (Wildman–Crippen MR) is 82.3 cm³/mol. The zero-order valence-corrected chi connectivity index (χ0v) is 13.5. The predicted octanol–water partition coefficient (Wildman–Crippen LogP) is 3.25. The van der Waals surface area contributed by atoms with Crippen LogP contribution >= 0.6 is 0 Å². The maximum atomic E-state index is 12.9. The van der Waals surface area contributed by atoms with Gasteiger partial charge in [-0.05, 0) is 44.0 Å². The lowest BCUT2D eigenvalue weighted by atomic mass is 10.0. The first-order chi connectivity index (χ1) is 11.1. The molecule has 24 heavy (non-hydrogen) atoms. The first-order valence-corrected chi connectivity index (χ1v) is 7.31. The summed E-state index contributed by atoms with van der Waals surface area (Å²) in [6.45, 7) is 4.94. The minimum absolute atomic E-state index is 0.107. The summed E-state index contributed by atoms with van der Waals surface area (Å²) in [4.78, 5) is 12.4. The largest absolute Gasteiger partial charge is 0.464 e. The van der Waals surface area contributed by atoms with Crippen LogP contribution in [0.1, 0.15) is 35.5 Å². The zero-order valence-electron chi connectivity index (χ0n) is 13.5. The summed E-state index contributed by atoms with van der Waals surface area (Å²) >= 11 is 0. The van der Waals surface area contributed by atoms with Crippen molar-refractivity contribution in [3.8, 4) is 0 Å². The van der Waals surface area contributed by atoms with Crippen LogP contribution in [0.2, 0.25) is 0 Å². The van der Waals surface area contributed by atoms with Gasteiger partial charge in [-0.15, -0.1) is 0 Å². The molecule has 8 heteroatoms. The number of aromatic nitrogens is 2. The Balaban J connectivity index is 2.57. The molecule has 1 aromatic heterocycles. The molecular weight excluding hydrogens is 323 g/mol. The Morgan fingerprint density at radius 3 is 2.50 bits per heavy atom. The van der Waals surface area contributed by atoms with Gasteiger partial charge in [-0.3, -0.25) is 4.68 Å². The Hall–Kier alpha value is -2.51.